The lowest BCUT2D eigenvalue weighted by Gasteiger charge is -2.33. The molecule has 0 aromatic carbocycles. The second-order valence-electron chi connectivity index (χ2n) is 6.53. The van der Waals surface area contributed by atoms with Crippen molar-refractivity contribution in [2.75, 3.05) is 18.8 Å². The van der Waals surface area contributed by atoms with Gasteiger partial charge in [0.15, 0.2) is 5.03 Å². The van der Waals surface area contributed by atoms with Crippen LogP contribution < -0.4 is 4.74 Å². The molecule has 1 aliphatic rings. The molecule has 2 heterocycles. The molecule has 1 fully saturated rings. The molecule has 130 valence electrons. The molecular formula is C15H25N3O3S2. The van der Waals surface area contributed by atoms with E-state index in [1.165, 1.54) is 11.7 Å². The van der Waals surface area contributed by atoms with Crippen LogP contribution in [0.3, 0.4) is 0 Å². The van der Waals surface area contributed by atoms with Gasteiger partial charge in [0.25, 0.3) is 5.88 Å². The van der Waals surface area contributed by atoms with Gasteiger partial charge in [-0.25, -0.2) is 4.79 Å². The predicted octanol–water partition coefficient (Wildman–Crippen LogP) is 3.82. The molecule has 0 aliphatic carbocycles. The monoisotopic (exact) mass is 359 g/mol. The number of carbonyl (C=O) groups excluding carboxylic acids is 1. The second-order valence-corrected chi connectivity index (χ2v) is 8.14. The molecule has 1 aromatic rings. The van der Waals surface area contributed by atoms with Gasteiger partial charge in [-0.3, -0.25) is 0 Å². The molecule has 0 radical (unpaired) electrons. The third kappa shape index (κ3) is 5.84. The van der Waals surface area contributed by atoms with Crippen LogP contribution in [-0.2, 0) is 4.74 Å². The lowest BCUT2D eigenvalue weighted by molar-refractivity contribution is 0.00695. The van der Waals surface area contributed by atoms with E-state index in [1.807, 2.05) is 20.8 Å². The van der Waals surface area contributed by atoms with E-state index in [4.69, 9.17) is 9.47 Å². The number of hydrogen-bond acceptors (Lipinski definition) is 7. The largest absolute Gasteiger partial charge is 0.470 e. The summed E-state index contributed by atoms with van der Waals surface area (Å²) in [5.74, 6) is 1.60. The number of nitrogens with zero attached hydrogens (tertiary/aromatic N) is 3. The van der Waals surface area contributed by atoms with Gasteiger partial charge in [-0.2, -0.15) is 4.37 Å². The maximum Gasteiger partial charge on any atom is 0.410 e. The lowest BCUT2D eigenvalue weighted by atomic mass is 10.1. The van der Waals surface area contributed by atoms with E-state index >= 15 is 0 Å². The van der Waals surface area contributed by atoms with Gasteiger partial charge in [-0.15, -0.1) is 4.37 Å². The van der Waals surface area contributed by atoms with E-state index in [1.54, 1.807) is 16.7 Å². The number of carbonyl (C=O) groups is 1. The van der Waals surface area contributed by atoms with Gasteiger partial charge >= 0.3 is 6.09 Å². The summed E-state index contributed by atoms with van der Waals surface area (Å²) in [6.45, 7) is 9.00. The first kappa shape index (κ1) is 18.3. The molecule has 6 nitrogen and oxygen atoms in total. The summed E-state index contributed by atoms with van der Waals surface area (Å²) < 4.78 is 20.0. The lowest BCUT2D eigenvalue weighted by Crippen LogP contribution is -2.46. The number of hydrogen-bond donors (Lipinski definition) is 0. The van der Waals surface area contributed by atoms with Crippen molar-refractivity contribution in [1.82, 2.24) is 13.6 Å². The minimum atomic E-state index is -0.478. The van der Waals surface area contributed by atoms with Crippen LogP contribution in [0.15, 0.2) is 5.03 Å². The Morgan fingerprint density at radius 1 is 1.43 bits per heavy atom. The summed E-state index contributed by atoms with van der Waals surface area (Å²) in [6.07, 6.45) is 2.56. The van der Waals surface area contributed by atoms with Gasteiger partial charge in [0, 0.05) is 6.54 Å². The third-order valence-electron chi connectivity index (χ3n) is 3.18. The number of piperidine rings is 1. The molecule has 0 bridgehead atoms. The molecule has 1 aromatic heterocycles. The molecule has 2 rings (SSSR count). The normalized spacial score (nSPS) is 18.8. The van der Waals surface area contributed by atoms with E-state index in [-0.39, 0.29) is 12.2 Å². The molecule has 0 spiro atoms. The maximum atomic E-state index is 12.2. The molecule has 0 unspecified atom stereocenters. The highest BCUT2D eigenvalue weighted by atomic mass is 32.2. The Morgan fingerprint density at radius 3 is 2.91 bits per heavy atom. The van der Waals surface area contributed by atoms with Crippen LogP contribution in [0.1, 0.15) is 47.0 Å². The van der Waals surface area contributed by atoms with Crippen LogP contribution in [0.25, 0.3) is 0 Å². The first-order valence-corrected chi connectivity index (χ1v) is 9.70. The van der Waals surface area contributed by atoms with Gasteiger partial charge in [0.05, 0.1) is 18.3 Å². The minimum Gasteiger partial charge on any atom is -0.470 e. The van der Waals surface area contributed by atoms with Crippen molar-refractivity contribution in [2.24, 2.45) is 0 Å². The van der Waals surface area contributed by atoms with Gasteiger partial charge in [0.1, 0.15) is 11.7 Å². The van der Waals surface area contributed by atoms with Gasteiger partial charge in [0.2, 0.25) is 0 Å². The second kappa shape index (κ2) is 8.19. The van der Waals surface area contributed by atoms with Gasteiger partial charge in [-0.1, -0.05) is 18.7 Å². The van der Waals surface area contributed by atoms with Crippen molar-refractivity contribution in [2.45, 2.75) is 63.7 Å². The van der Waals surface area contributed by atoms with Gasteiger partial charge < -0.3 is 14.4 Å². The Bertz CT molecular complexity index is 516. The van der Waals surface area contributed by atoms with Crippen LogP contribution in [0.4, 0.5) is 4.79 Å². The van der Waals surface area contributed by atoms with E-state index in [0.29, 0.717) is 19.0 Å². The Labute approximate surface area is 146 Å². The first-order chi connectivity index (χ1) is 10.9. The average molecular weight is 360 g/mol. The molecule has 0 N–H and O–H groups in total. The summed E-state index contributed by atoms with van der Waals surface area (Å²) in [4.78, 5) is 13.9. The van der Waals surface area contributed by atoms with Crippen LogP contribution >= 0.6 is 23.5 Å². The van der Waals surface area contributed by atoms with Crippen LogP contribution in [-0.4, -0.2) is 50.3 Å². The topological polar surface area (TPSA) is 64.6 Å². The molecule has 1 saturated heterocycles. The van der Waals surface area contributed by atoms with E-state index < -0.39 is 5.60 Å². The number of aromatic nitrogens is 2. The molecule has 23 heavy (non-hydrogen) atoms. The van der Waals surface area contributed by atoms with Gasteiger partial charge in [-0.05, 0) is 45.8 Å². The van der Waals surface area contributed by atoms with Crippen molar-refractivity contribution in [1.29, 1.82) is 0 Å². The van der Waals surface area contributed by atoms with Crippen molar-refractivity contribution in [3.05, 3.63) is 0 Å². The van der Waals surface area contributed by atoms with Crippen LogP contribution in [0.2, 0.25) is 0 Å². The summed E-state index contributed by atoms with van der Waals surface area (Å²) in [6, 6.07) is 0. The fraction of sp³-hybridized carbons (Fsp3) is 0.800. The summed E-state index contributed by atoms with van der Waals surface area (Å²) in [5.41, 5.74) is -0.478. The Balaban J connectivity index is 1.91. The highest BCUT2D eigenvalue weighted by Crippen LogP contribution is 2.29. The molecule has 1 amide bonds. The van der Waals surface area contributed by atoms with Crippen molar-refractivity contribution in [3.63, 3.8) is 0 Å². The first-order valence-electron chi connectivity index (χ1n) is 7.99. The summed E-state index contributed by atoms with van der Waals surface area (Å²) in [7, 11) is 0. The predicted molar refractivity (Wildman–Crippen MR) is 92.4 cm³/mol. The summed E-state index contributed by atoms with van der Waals surface area (Å²) in [5, 5.41) is 0.853. The Morgan fingerprint density at radius 2 is 2.22 bits per heavy atom. The molecule has 1 atom stereocenters. The Kier molecular flexibility index (Phi) is 6.52. The zero-order chi connectivity index (χ0) is 16.9. The van der Waals surface area contributed by atoms with Crippen molar-refractivity contribution < 1.29 is 14.3 Å². The maximum absolute atomic E-state index is 12.2. The minimum absolute atomic E-state index is 0.0545. The Hall–Kier alpha value is -1.02. The van der Waals surface area contributed by atoms with Crippen molar-refractivity contribution >= 4 is 29.6 Å². The van der Waals surface area contributed by atoms with Crippen molar-refractivity contribution in [3.8, 4) is 5.88 Å². The standard InChI is InChI=1S/C15H25N3O3S2/c1-5-9-22-13-12(16-23-17-13)20-11-7-6-8-18(10-11)14(19)21-15(2,3)4/h11H,5-10H2,1-4H3/t11-/m1/s1. The zero-order valence-corrected chi connectivity index (χ0v) is 15.8. The number of rotatable bonds is 5. The van der Waals surface area contributed by atoms with E-state index in [0.717, 1.165) is 30.0 Å². The zero-order valence-electron chi connectivity index (χ0n) is 14.2. The third-order valence-corrected chi connectivity index (χ3v) is 4.96. The number of thioether (sulfide) groups is 1. The quantitative estimate of drug-likeness (QED) is 0.745. The number of amides is 1. The molecular weight excluding hydrogens is 334 g/mol. The smallest absolute Gasteiger partial charge is 0.410 e. The van der Waals surface area contributed by atoms with E-state index in [9.17, 15) is 4.79 Å². The fourth-order valence-corrected chi connectivity index (χ4v) is 3.60. The number of ether oxygens (including phenoxy) is 2. The molecule has 1 aliphatic heterocycles. The molecule has 0 saturated carbocycles. The average Bonchev–Trinajstić information content (AvgIpc) is 2.91. The van der Waals surface area contributed by atoms with Crippen LogP contribution in [0, 0.1) is 0 Å². The van der Waals surface area contributed by atoms with E-state index in [2.05, 4.69) is 15.7 Å². The summed E-state index contributed by atoms with van der Waals surface area (Å²) >= 11 is 2.83. The highest BCUT2D eigenvalue weighted by Gasteiger charge is 2.29. The molecule has 8 heteroatoms. The fourth-order valence-electron chi connectivity index (χ4n) is 2.22. The SMILES string of the molecule is CCCSc1nsnc1O[C@@H]1CCCN(C(=O)OC(C)(C)C)C1. The highest BCUT2D eigenvalue weighted by molar-refractivity contribution is 7.99. The number of likely N-dealkylation sites (tertiary alicyclic amines) is 1. The van der Waals surface area contributed by atoms with Crippen LogP contribution in [0.5, 0.6) is 5.88 Å².